The molecule has 0 fully saturated rings. The Morgan fingerprint density at radius 1 is 1.03 bits per heavy atom. The van der Waals surface area contributed by atoms with Gasteiger partial charge in [0.05, 0.1) is 7.11 Å². The smallest absolute Gasteiger partial charge is 0.410 e. The van der Waals surface area contributed by atoms with E-state index in [-0.39, 0.29) is 17.2 Å². The Kier molecular flexibility index (Phi) is 13.4. The Balaban J connectivity index is 1.86. The van der Waals surface area contributed by atoms with Crippen LogP contribution in [-0.2, 0) is 17.6 Å². The topological polar surface area (TPSA) is 106 Å². The molecule has 0 bridgehead atoms. The van der Waals surface area contributed by atoms with E-state index in [1.165, 1.54) is 56.2 Å². The Morgan fingerprint density at radius 2 is 1.68 bits per heavy atom. The summed E-state index contributed by atoms with van der Waals surface area (Å²) in [6.45, 7) is 5.87. The molecule has 7 heteroatoms. The van der Waals surface area contributed by atoms with Crippen molar-refractivity contribution in [2.75, 3.05) is 7.11 Å². The van der Waals surface area contributed by atoms with Crippen LogP contribution in [-0.4, -0.2) is 24.1 Å². The lowest BCUT2D eigenvalue weighted by molar-refractivity contribution is 0.0914. The van der Waals surface area contributed by atoms with Gasteiger partial charge in [0.15, 0.2) is 5.78 Å². The SMILES string of the molecule is CCCCCCc1ccc(CCCC(C)C(=O)c2c(O)cc(C(C)CC/C=C/NC(=O)OC)oc2=O)cc1. The fourth-order valence-electron chi connectivity index (χ4n) is 4.34. The van der Waals surface area contributed by atoms with Gasteiger partial charge in [-0.1, -0.05) is 70.4 Å². The first-order chi connectivity index (χ1) is 18.3. The molecule has 1 amide bonds. The Morgan fingerprint density at radius 3 is 2.29 bits per heavy atom. The third-order valence-electron chi connectivity index (χ3n) is 6.84. The lowest BCUT2D eigenvalue weighted by atomic mass is 9.93. The van der Waals surface area contributed by atoms with Gasteiger partial charge in [-0.2, -0.15) is 0 Å². The largest absolute Gasteiger partial charge is 0.507 e. The van der Waals surface area contributed by atoms with Gasteiger partial charge < -0.3 is 14.3 Å². The summed E-state index contributed by atoms with van der Waals surface area (Å²) in [5.41, 5.74) is 1.52. The average Bonchev–Trinajstić information content (AvgIpc) is 2.90. The second kappa shape index (κ2) is 16.5. The van der Waals surface area contributed by atoms with Crippen LogP contribution in [0.15, 0.2) is 51.8 Å². The van der Waals surface area contributed by atoms with Gasteiger partial charge in [0.2, 0.25) is 0 Å². The molecule has 2 atom stereocenters. The number of rotatable bonds is 16. The van der Waals surface area contributed by atoms with Crippen molar-refractivity contribution >= 4 is 11.9 Å². The molecule has 2 N–H and O–H groups in total. The molecular formula is C31H43NO6. The van der Waals surface area contributed by atoms with E-state index in [9.17, 15) is 19.5 Å². The number of unbranched alkanes of at least 4 members (excludes halogenated alkanes) is 3. The summed E-state index contributed by atoms with van der Waals surface area (Å²) in [7, 11) is 1.28. The highest BCUT2D eigenvalue weighted by molar-refractivity contribution is 5.99. The number of aryl methyl sites for hydroxylation is 2. The lowest BCUT2D eigenvalue weighted by Crippen LogP contribution is -2.21. The fraction of sp³-hybridized carbons (Fsp3) is 0.516. The number of carbonyl (C=O) groups excluding carboxylic acids is 2. The highest BCUT2D eigenvalue weighted by Crippen LogP contribution is 2.27. The minimum Gasteiger partial charge on any atom is -0.507 e. The number of amides is 1. The predicted octanol–water partition coefficient (Wildman–Crippen LogP) is 7.06. The number of aromatic hydroxyl groups is 1. The van der Waals surface area contributed by atoms with E-state index in [0.717, 1.165) is 19.3 Å². The number of alkyl carbamates (subject to hydrolysis) is 1. The predicted molar refractivity (Wildman–Crippen MR) is 150 cm³/mol. The zero-order valence-electron chi connectivity index (χ0n) is 23.3. The van der Waals surface area contributed by atoms with Crippen LogP contribution in [0.25, 0.3) is 0 Å². The van der Waals surface area contributed by atoms with Crippen molar-refractivity contribution in [1.29, 1.82) is 0 Å². The molecule has 0 saturated heterocycles. The van der Waals surface area contributed by atoms with Crippen molar-refractivity contribution in [3.8, 4) is 5.75 Å². The molecule has 1 heterocycles. The number of ether oxygens (including phenoxy) is 1. The van der Waals surface area contributed by atoms with Crippen LogP contribution >= 0.6 is 0 Å². The molecule has 1 aromatic heterocycles. The Hall–Kier alpha value is -3.35. The van der Waals surface area contributed by atoms with Gasteiger partial charge in [-0.3, -0.25) is 10.1 Å². The maximum Gasteiger partial charge on any atom is 0.410 e. The number of nitrogens with one attached hydrogen (secondary N) is 1. The molecule has 0 aliphatic heterocycles. The molecule has 2 rings (SSSR count). The molecule has 1 aromatic carbocycles. The number of allylic oxidation sites excluding steroid dienone is 1. The van der Waals surface area contributed by atoms with Crippen LogP contribution in [0.3, 0.4) is 0 Å². The number of methoxy groups -OCH3 is 1. The van der Waals surface area contributed by atoms with Gasteiger partial charge in [0, 0.05) is 24.1 Å². The molecule has 0 saturated carbocycles. The second-order valence-corrected chi connectivity index (χ2v) is 10.00. The van der Waals surface area contributed by atoms with Crippen LogP contribution < -0.4 is 10.9 Å². The number of Topliss-reactive ketones (excluding diaryl/α,β-unsaturated/α-hetero) is 1. The molecule has 0 aliphatic carbocycles. The monoisotopic (exact) mass is 525 g/mol. The van der Waals surface area contributed by atoms with Gasteiger partial charge in [-0.25, -0.2) is 9.59 Å². The van der Waals surface area contributed by atoms with E-state index in [0.29, 0.717) is 25.0 Å². The molecule has 2 unspecified atom stereocenters. The third kappa shape index (κ3) is 10.2. The van der Waals surface area contributed by atoms with Gasteiger partial charge in [-0.05, 0) is 56.1 Å². The van der Waals surface area contributed by atoms with Crippen molar-refractivity contribution < 1.29 is 23.8 Å². The van der Waals surface area contributed by atoms with Gasteiger partial charge >= 0.3 is 11.7 Å². The van der Waals surface area contributed by atoms with Crippen LogP contribution in [0.2, 0.25) is 0 Å². The molecule has 2 aromatic rings. The number of hydrogen-bond donors (Lipinski definition) is 2. The van der Waals surface area contributed by atoms with Crippen LogP contribution in [0.5, 0.6) is 5.75 Å². The third-order valence-corrected chi connectivity index (χ3v) is 6.84. The van der Waals surface area contributed by atoms with E-state index in [1.807, 2.05) is 6.92 Å². The fourth-order valence-corrected chi connectivity index (χ4v) is 4.34. The lowest BCUT2D eigenvalue weighted by Gasteiger charge is -2.13. The number of ketones is 1. The molecule has 38 heavy (non-hydrogen) atoms. The first-order valence-electron chi connectivity index (χ1n) is 13.7. The highest BCUT2D eigenvalue weighted by atomic mass is 16.5. The van der Waals surface area contributed by atoms with Crippen molar-refractivity contribution in [2.24, 2.45) is 5.92 Å². The minimum atomic E-state index is -0.805. The molecule has 7 nitrogen and oxygen atoms in total. The van der Waals surface area contributed by atoms with Crippen molar-refractivity contribution in [3.63, 3.8) is 0 Å². The van der Waals surface area contributed by atoms with Crippen molar-refractivity contribution in [3.05, 3.63) is 75.5 Å². The zero-order chi connectivity index (χ0) is 27.9. The summed E-state index contributed by atoms with van der Waals surface area (Å²) in [6.07, 6.45) is 12.3. The summed E-state index contributed by atoms with van der Waals surface area (Å²) < 4.78 is 9.89. The van der Waals surface area contributed by atoms with Crippen LogP contribution in [0.4, 0.5) is 4.79 Å². The highest BCUT2D eigenvalue weighted by Gasteiger charge is 2.25. The number of benzene rings is 1. The van der Waals surface area contributed by atoms with E-state index in [2.05, 4.69) is 41.2 Å². The van der Waals surface area contributed by atoms with Gasteiger partial charge in [0.1, 0.15) is 17.1 Å². The number of hydrogen-bond acceptors (Lipinski definition) is 6. The molecule has 0 aliphatic rings. The summed E-state index contributed by atoms with van der Waals surface area (Å²) in [5.74, 6) is -0.982. The van der Waals surface area contributed by atoms with Crippen molar-refractivity contribution in [1.82, 2.24) is 5.32 Å². The normalized spacial score (nSPS) is 12.8. The average molecular weight is 526 g/mol. The second-order valence-electron chi connectivity index (χ2n) is 10.00. The maximum absolute atomic E-state index is 13.0. The van der Waals surface area contributed by atoms with Crippen LogP contribution in [0.1, 0.15) is 105 Å². The van der Waals surface area contributed by atoms with Crippen LogP contribution in [0, 0.1) is 5.92 Å². The summed E-state index contributed by atoms with van der Waals surface area (Å²) in [5, 5.41) is 12.9. The molecule has 0 radical (unpaired) electrons. The molecule has 0 spiro atoms. The van der Waals surface area contributed by atoms with Crippen molar-refractivity contribution in [2.45, 2.75) is 90.9 Å². The number of carbonyl (C=O) groups is 2. The summed E-state index contributed by atoms with van der Waals surface area (Å²) in [6, 6.07) is 10.1. The van der Waals surface area contributed by atoms with E-state index in [4.69, 9.17) is 4.42 Å². The van der Waals surface area contributed by atoms with Gasteiger partial charge in [0.25, 0.3) is 0 Å². The van der Waals surface area contributed by atoms with E-state index in [1.54, 1.807) is 13.0 Å². The first kappa shape index (κ1) is 30.9. The summed E-state index contributed by atoms with van der Waals surface area (Å²) in [4.78, 5) is 36.6. The summed E-state index contributed by atoms with van der Waals surface area (Å²) >= 11 is 0. The quantitative estimate of drug-likeness (QED) is 0.179. The standard InChI is InChI=1S/C31H43NO6/c1-5-6-7-8-14-24-16-18-25(19-17-24)15-11-13-23(3)29(34)28-26(33)21-27(38-30(28)35)22(2)12-9-10-20-32-31(36)37-4/h10,16-23,33H,5-9,11-15H2,1-4H3,(H,32,36)/b20-10+. The Labute approximate surface area is 226 Å². The Bertz CT molecular complexity index is 1100. The maximum atomic E-state index is 13.0. The molecule has 208 valence electrons. The molecular weight excluding hydrogens is 482 g/mol. The van der Waals surface area contributed by atoms with E-state index >= 15 is 0 Å². The zero-order valence-corrected chi connectivity index (χ0v) is 23.3. The van der Waals surface area contributed by atoms with Gasteiger partial charge in [-0.15, -0.1) is 0 Å². The first-order valence-corrected chi connectivity index (χ1v) is 13.7. The van der Waals surface area contributed by atoms with E-state index < -0.39 is 23.4 Å². The minimum absolute atomic E-state index is 0.166.